The van der Waals surface area contributed by atoms with Crippen LogP contribution in [0, 0.1) is 21.4 Å². The van der Waals surface area contributed by atoms with Gasteiger partial charge in [-0.05, 0) is 25.0 Å². The Hall–Kier alpha value is -2.72. The number of nitro groups is 1. The molecule has 1 aromatic carbocycles. The van der Waals surface area contributed by atoms with Crippen molar-refractivity contribution in [1.82, 2.24) is 9.88 Å². The zero-order chi connectivity index (χ0) is 18.1. The fourth-order valence-electron chi connectivity index (χ4n) is 4.15. The second kappa shape index (κ2) is 6.89. The van der Waals surface area contributed by atoms with Crippen molar-refractivity contribution >= 4 is 22.4 Å². The van der Waals surface area contributed by atoms with Crippen molar-refractivity contribution in [2.24, 2.45) is 0 Å². The first-order valence-electron chi connectivity index (χ1n) is 9.14. The summed E-state index contributed by atoms with van der Waals surface area (Å²) in [6.07, 6.45) is 5.31. The molecule has 0 amide bonds. The highest BCUT2D eigenvalue weighted by Crippen LogP contribution is 2.28. The van der Waals surface area contributed by atoms with E-state index in [2.05, 4.69) is 20.9 Å². The third kappa shape index (κ3) is 3.08. The summed E-state index contributed by atoms with van der Waals surface area (Å²) >= 11 is 0. The molecule has 0 spiro atoms. The summed E-state index contributed by atoms with van der Waals surface area (Å²) in [6, 6.07) is 9.17. The minimum atomic E-state index is -0.448. The van der Waals surface area contributed by atoms with Crippen LogP contribution in [0.15, 0.2) is 24.3 Å². The van der Waals surface area contributed by atoms with E-state index in [0.29, 0.717) is 16.5 Å². The topological polar surface area (TPSA) is 86.3 Å². The maximum Gasteiger partial charge on any atom is 0.270 e. The first-order valence-corrected chi connectivity index (χ1v) is 9.14. The number of piperazine rings is 1. The lowest BCUT2D eigenvalue weighted by molar-refractivity contribution is -0.384. The van der Waals surface area contributed by atoms with Gasteiger partial charge >= 0.3 is 0 Å². The molecule has 0 N–H and O–H groups in total. The third-order valence-electron chi connectivity index (χ3n) is 5.59. The number of nitrogens with zero attached hydrogens (tertiary/aromatic N) is 5. The summed E-state index contributed by atoms with van der Waals surface area (Å²) in [5, 5.41) is 21.0. The molecule has 2 heterocycles. The minimum absolute atomic E-state index is 0.0197. The van der Waals surface area contributed by atoms with Gasteiger partial charge in [0.15, 0.2) is 0 Å². The molecule has 1 aromatic heterocycles. The fraction of sp³-hybridized carbons (Fsp3) is 0.474. The third-order valence-corrected chi connectivity index (χ3v) is 5.59. The van der Waals surface area contributed by atoms with Crippen LogP contribution in [0.5, 0.6) is 0 Å². The number of rotatable bonds is 3. The fourth-order valence-corrected chi connectivity index (χ4v) is 4.15. The van der Waals surface area contributed by atoms with E-state index in [-0.39, 0.29) is 5.69 Å². The zero-order valence-corrected chi connectivity index (χ0v) is 14.6. The minimum Gasteiger partial charge on any atom is -0.354 e. The summed E-state index contributed by atoms with van der Waals surface area (Å²) in [5.74, 6) is 0.786. The average molecular weight is 351 g/mol. The van der Waals surface area contributed by atoms with Crippen LogP contribution in [0.25, 0.3) is 10.9 Å². The molecular formula is C19H21N5O2. The molecule has 0 bridgehead atoms. The van der Waals surface area contributed by atoms with Crippen LogP contribution in [0.4, 0.5) is 11.5 Å². The molecule has 2 fully saturated rings. The molecule has 134 valence electrons. The summed E-state index contributed by atoms with van der Waals surface area (Å²) in [7, 11) is 0. The van der Waals surface area contributed by atoms with E-state index >= 15 is 0 Å². The van der Waals surface area contributed by atoms with Gasteiger partial charge in [0.1, 0.15) is 5.82 Å². The van der Waals surface area contributed by atoms with E-state index in [4.69, 9.17) is 0 Å². The molecule has 26 heavy (non-hydrogen) atoms. The van der Waals surface area contributed by atoms with Gasteiger partial charge in [-0.3, -0.25) is 15.0 Å². The molecule has 7 nitrogen and oxygen atoms in total. The number of pyridine rings is 1. The second-order valence-electron chi connectivity index (χ2n) is 7.06. The van der Waals surface area contributed by atoms with Crippen LogP contribution in [-0.2, 0) is 0 Å². The van der Waals surface area contributed by atoms with Gasteiger partial charge in [0, 0.05) is 49.7 Å². The molecule has 0 atom stereocenters. The lowest BCUT2D eigenvalue weighted by Crippen LogP contribution is -2.50. The Kier molecular flexibility index (Phi) is 4.43. The monoisotopic (exact) mass is 351 g/mol. The molecule has 1 aliphatic carbocycles. The molecule has 0 radical (unpaired) electrons. The van der Waals surface area contributed by atoms with Crippen LogP contribution in [0.1, 0.15) is 31.2 Å². The Labute approximate surface area is 152 Å². The number of nitriles is 1. The largest absolute Gasteiger partial charge is 0.354 e. The molecule has 7 heteroatoms. The maximum atomic E-state index is 11.0. The van der Waals surface area contributed by atoms with Gasteiger partial charge in [0.05, 0.1) is 22.1 Å². The number of aromatic nitrogens is 1. The number of nitro benzene ring substituents is 1. The Morgan fingerprint density at radius 3 is 2.54 bits per heavy atom. The first-order chi connectivity index (χ1) is 12.7. The highest BCUT2D eigenvalue weighted by Gasteiger charge is 2.27. The van der Waals surface area contributed by atoms with Crippen molar-refractivity contribution in [1.29, 1.82) is 5.26 Å². The summed E-state index contributed by atoms with van der Waals surface area (Å²) in [4.78, 5) is 20.0. The molecule has 2 aliphatic rings. The van der Waals surface area contributed by atoms with E-state index < -0.39 is 4.92 Å². The Bertz CT molecular complexity index is 877. The van der Waals surface area contributed by atoms with Gasteiger partial charge in [-0.15, -0.1) is 0 Å². The Morgan fingerprint density at radius 2 is 1.88 bits per heavy atom. The summed E-state index contributed by atoms with van der Waals surface area (Å²) < 4.78 is 0. The molecule has 4 rings (SSSR count). The van der Waals surface area contributed by atoms with Crippen LogP contribution < -0.4 is 4.90 Å². The van der Waals surface area contributed by atoms with Crippen molar-refractivity contribution in [3.8, 4) is 6.07 Å². The predicted octanol–water partition coefficient (Wildman–Crippen LogP) is 3.08. The number of fused-ring (bicyclic) bond motifs is 1. The van der Waals surface area contributed by atoms with E-state index in [1.54, 1.807) is 12.1 Å². The average Bonchev–Trinajstić information content (AvgIpc) is 3.21. The van der Waals surface area contributed by atoms with Crippen molar-refractivity contribution in [3.63, 3.8) is 0 Å². The molecular weight excluding hydrogens is 330 g/mol. The van der Waals surface area contributed by atoms with Crippen LogP contribution in [0.3, 0.4) is 0 Å². The van der Waals surface area contributed by atoms with Gasteiger partial charge in [-0.1, -0.05) is 12.8 Å². The SMILES string of the molecule is N#Cc1cc(N2CCN(C3CCCC3)CC2)nc2ccc([N+](=O)[O-])cc12. The highest BCUT2D eigenvalue weighted by atomic mass is 16.6. The number of non-ortho nitro benzene ring substituents is 1. The zero-order valence-electron chi connectivity index (χ0n) is 14.6. The van der Waals surface area contributed by atoms with Crippen molar-refractivity contribution in [2.45, 2.75) is 31.7 Å². The van der Waals surface area contributed by atoms with Gasteiger partial charge in [-0.2, -0.15) is 5.26 Å². The van der Waals surface area contributed by atoms with Crippen molar-refractivity contribution in [3.05, 3.63) is 39.9 Å². The normalized spacial score (nSPS) is 19.0. The lowest BCUT2D eigenvalue weighted by atomic mass is 10.1. The smallest absolute Gasteiger partial charge is 0.270 e. The summed E-state index contributed by atoms with van der Waals surface area (Å²) in [5.41, 5.74) is 1.04. The van der Waals surface area contributed by atoms with E-state index in [9.17, 15) is 15.4 Å². The Morgan fingerprint density at radius 1 is 1.15 bits per heavy atom. The van der Waals surface area contributed by atoms with E-state index in [0.717, 1.165) is 38.0 Å². The number of benzene rings is 1. The second-order valence-corrected chi connectivity index (χ2v) is 7.06. The van der Waals surface area contributed by atoms with E-state index in [1.165, 1.54) is 37.8 Å². The first kappa shape index (κ1) is 16.7. The van der Waals surface area contributed by atoms with Crippen LogP contribution >= 0.6 is 0 Å². The maximum absolute atomic E-state index is 11.0. The van der Waals surface area contributed by atoms with Gasteiger partial charge in [0.2, 0.25) is 0 Å². The van der Waals surface area contributed by atoms with Gasteiger partial charge < -0.3 is 4.90 Å². The lowest BCUT2D eigenvalue weighted by Gasteiger charge is -2.38. The molecule has 0 unspecified atom stereocenters. The number of hydrogen-bond donors (Lipinski definition) is 0. The summed E-state index contributed by atoms with van der Waals surface area (Å²) in [6.45, 7) is 3.83. The van der Waals surface area contributed by atoms with Gasteiger partial charge in [0.25, 0.3) is 5.69 Å². The number of hydrogen-bond acceptors (Lipinski definition) is 6. The van der Waals surface area contributed by atoms with Crippen LogP contribution in [0.2, 0.25) is 0 Å². The van der Waals surface area contributed by atoms with Crippen LogP contribution in [-0.4, -0.2) is 47.0 Å². The van der Waals surface area contributed by atoms with Crippen molar-refractivity contribution < 1.29 is 4.92 Å². The van der Waals surface area contributed by atoms with Gasteiger partial charge in [-0.25, -0.2) is 4.98 Å². The molecule has 2 aromatic rings. The van der Waals surface area contributed by atoms with E-state index in [1.807, 2.05) is 0 Å². The molecule has 1 aliphatic heterocycles. The standard InChI is InChI=1S/C19H21N5O2/c20-13-14-11-19(21-18-6-5-16(24(25)26)12-17(14)18)23-9-7-22(8-10-23)15-3-1-2-4-15/h5-6,11-12,15H,1-4,7-10H2. The quantitative estimate of drug-likeness (QED) is 0.624. The predicted molar refractivity (Wildman–Crippen MR) is 99.2 cm³/mol. The molecule has 1 saturated carbocycles. The highest BCUT2D eigenvalue weighted by molar-refractivity contribution is 5.88. The van der Waals surface area contributed by atoms with Crippen molar-refractivity contribution in [2.75, 3.05) is 31.1 Å². The molecule has 1 saturated heterocycles. The Balaban J connectivity index is 1.58. The number of anilines is 1.